The molecule has 0 N–H and O–H groups in total. The van der Waals surface area contributed by atoms with E-state index in [2.05, 4.69) is 0 Å². The van der Waals surface area contributed by atoms with Crippen LogP contribution in [-0.4, -0.2) is 35.5 Å². The Bertz CT molecular complexity index is 381. The number of ketones is 1. The lowest BCUT2D eigenvalue weighted by molar-refractivity contribution is -0.127. The summed E-state index contributed by atoms with van der Waals surface area (Å²) in [5.41, 5.74) is -0.687. The number of fused-ring (bicyclic) bond motifs is 1. The Balaban J connectivity index is 2.00. The van der Waals surface area contributed by atoms with Crippen molar-refractivity contribution in [2.45, 2.75) is 46.6 Å². The van der Waals surface area contributed by atoms with E-state index in [-0.39, 0.29) is 17.4 Å². The lowest BCUT2D eigenvalue weighted by Gasteiger charge is -2.26. The van der Waals surface area contributed by atoms with Gasteiger partial charge in [-0.3, -0.25) is 4.79 Å². The van der Waals surface area contributed by atoms with Crippen molar-refractivity contribution in [1.29, 1.82) is 0 Å². The van der Waals surface area contributed by atoms with Gasteiger partial charge in [-0.1, -0.05) is 13.8 Å². The largest absolute Gasteiger partial charge is 0.444 e. The molecule has 0 aromatic rings. The van der Waals surface area contributed by atoms with Crippen molar-refractivity contribution in [2.75, 3.05) is 13.1 Å². The predicted octanol–water partition coefficient (Wildman–Crippen LogP) is 2.47. The molecule has 2 atom stereocenters. The van der Waals surface area contributed by atoms with Crippen LogP contribution in [0.2, 0.25) is 0 Å². The summed E-state index contributed by atoms with van der Waals surface area (Å²) in [5, 5.41) is 0. The molecule has 1 amide bonds. The molecular weight excluding hydrogens is 230 g/mol. The fourth-order valence-corrected chi connectivity index (χ4v) is 3.11. The Morgan fingerprint density at radius 3 is 2.44 bits per heavy atom. The first-order chi connectivity index (χ1) is 8.10. The van der Waals surface area contributed by atoms with E-state index in [0.717, 1.165) is 6.42 Å². The molecule has 0 bridgehead atoms. The second kappa shape index (κ2) is 3.97. The Morgan fingerprint density at radius 2 is 1.94 bits per heavy atom. The minimum Gasteiger partial charge on any atom is -0.444 e. The van der Waals surface area contributed by atoms with Crippen molar-refractivity contribution >= 4 is 11.9 Å². The van der Waals surface area contributed by atoms with Gasteiger partial charge in [0.25, 0.3) is 0 Å². The van der Waals surface area contributed by atoms with E-state index in [0.29, 0.717) is 24.8 Å². The van der Waals surface area contributed by atoms with Crippen molar-refractivity contribution in [2.24, 2.45) is 17.3 Å². The number of likely N-dealkylation sites (tertiary alicyclic amines) is 1. The maximum atomic E-state index is 12.2. The molecule has 0 unspecified atom stereocenters. The monoisotopic (exact) mass is 253 g/mol. The highest BCUT2D eigenvalue weighted by atomic mass is 16.6. The Labute approximate surface area is 109 Å². The third-order valence-electron chi connectivity index (χ3n) is 3.87. The molecular formula is C14H23NO3. The van der Waals surface area contributed by atoms with Crippen LogP contribution < -0.4 is 0 Å². The van der Waals surface area contributed by atoms with Gasteiger partial charge >= 0.3 is 6.09 Å². The van der Waals surface area contributed by atoms with Gasteiger partial charge in [-0.2, -0.15) is 0 Å². The third kappa shape index (κ3) is 2.38. The normalized spacial score (nSPS) is 30.5. The van der Waals surface area contributed by atoms with E-state index < -0.39 is 5.60 Å². The highest BCUT2D eigenvalue weighted by molar-refractivity contribution is 5.90. The van der Waals surface area contributed by atoms with E-state index in [4.69, 9.17) is 4.74 Å². The molecule has 2 fully saturated rings. The highest BCUT2D eigenvalue weighted by Crippen LogP contribution is 2.45. The van der Waals surface area contributed by atoms with Gasteiger partial charge in [0, 0.05) is 24.4 Å². The number of hydrogen-bond acceptors (Lipinski definition) is 3. The van der Waals surface area contributed by atoms with Crippen LogP contribution in [0.1, 0.15) is 41.0 Å². The van der Waals surface area contributed by atoms with E-state index in [1.54, 1.807) is 4.90 Å². The second-order valence-electron chi connectivity index (χ2n) is 7.20. The van der Waals surface area contributed by atoms with Crippen LogP contribution in [0.3, 0.4) is 0 Å². The van der Waals surface area contributed by atoms with Crippen molar-refractivity contribution in [3.63, 3.8) is 0 Å². The molecule has 2 rings (SSSR count). The average molecular weight is 253 g/mol. The molecule has 4 heteroatoms. The first-order valence-corrected chi connectivity index (χ1v) is 6.62. The van der Waals surface area contributed by atoms with Crippen LogP contribution in [0.15, 0.2) is 0 Å². The Kier molecular flexibility index (Phi) is 2.95. The van der Waals surface area contributed by atoms with Gasteiger partial charge in [-0.25, -0.2) is 4.79 Å². The fourth-order valence-electron chi connectivity index (χ4n) is 3.11. The summed E-state index contributed by atoms with van der Waals surface area (Å²) in [5.74, 6) is 0.645. The topological polar surface area (TPSA) is 46.6 Å². The highest BCUT2D eigenvalue weighted by Gasteiger charge is 2.52. The van der Waals surface area contributed by atoms with Gasteiger partial charge < -0.3 is 9.64 Å². The minimum absolute atomic E-state index is 0.0209. The lowest BCUT2D eigenvalue weighted by atomic mass is 9.88. The summed E-state index contributed by atoms with van der Waals surface area (Å²) >= 11 is 0. The zero-order valence-corrected chi connectivity index (χ0v) is 11.9. The van der Waals surface area contributed by atoms with E-state index in [9.17, 15) is 9.59 Å². The molecule has 18 heavy (non-hydrogen) atoms. The summed E-state index contributed by atoms with van der Waals surface area (Å²) in [4.78, 5) is 25.8. The molecule has 1 heterocycles. The standard InChI is InChI=1S/C14H23NO3/c1-13(2,3)18-12(17)15-7-9-6-14(4,5)11(16)10(9)8-15/h9-10H,6-8H2,1-5H3/t9-,10+/m0/s1. The van der Waals surface area contributed by atoms with Gasteiger partial charge in [0.2, 0.25) is 0 Å². The van der Waals surface area contributed by atoms with Gasteiger partial charge in [-0.05, 0) is 33.1 Å². The minimum atomic E-state index is -0.474. The molecule has 0 aromatic carbocycles. The fraction of sp³-hybridized carbons (Fsp3) is 0.857. The van der Waals surface area contributed by atoms with Crippen LogP contribution in [-0.2, 0) is 9.53 Å². The second-order valence-corrected chi connectivity index (χ2v) is 7.20. The number of hydrogen-bond donors (Lipinski definition) is 0. The van der Waals surface area contributed by atoms with Gasteiger partial charge in [-0.15, -0.1) is 0 Å². The molecule has 0 aromatic heterocycles. The van der Waals surface area contributed by atoms with Crippen LogP contribution in [0.25, 0.3) is 0 Å². The van der Waals surface area contributed by atoms with Gasteiger partial charge in [0.1, 0.15) is 11.4 Å². The van der Waals surface area contributed by atoms with E-state index in [1.807, 2.05) is 34.6 Å². The smallest absolute Gasteiger partial charge is 0.410 e. The zero-order valence-electron chi connectivity index (χ0n) is 11.9. The third-order valence-corrected chi connectivity index (χ3v) is 3.87. The molecule has 0 radical (unpaired) electrons. The van der Waals surface area contributed by atoms with Crippen LogP contribution in [0.4, 0.5) is 4.79 Å². The Morgan fingerprint density at radius 1 is 1.33 bits per heavy atom. The number of carbonyl (C=O) groups excluding carboxylic acids is 2. The van der Waals surface area contributed by atoms with E-state index in [1.165, 1.54) is 0 Å². The molecule has 0 spiro atoms. The molecule has 1 saturated carbocycles. The summed E-state index contributed by atoms with van der Waals surface area (Å²) in [6.07, 6.45) is 0.595. The van der Waals surface area contributed by atoms with Crippen LogP contribution >= 0.6 is 0 Å². The number of rotatable bonds is 0. The number of Topliss-reactive ketones (excluding diaryl/α,β-unsaturated/α-hetero) is 1. The molecule has 1 aliphatic carbocycles. The van der Waals surface area contributed by atoms with Crippen molar-refractivity contribution in [3.8, 4) is 0 Å². The van der Waals surface area contributed by atoms with Crippen molar-refractivity contribution < 1.29 is 14.3 Å². The van der Waals surface area contributed by atoms with Crippen molar-refractivity contribution in [3.05, 3.63) is 0 Å². The summed E-state index contributed by atoms with van der Waals surface area (Å²) in [7, 11) is 0. The molecule has 102 valence electrons. The number of nitrogens with zero attached hydrogens (tertiary/aromatic N) is 1. The number of carbonyl (C=O) groups is 2. The molecule has 4 nitrogen and oxygen atoms in total. The zero-order chi connectivity index (χ0) is 13.7. The Hall–Kier alpha value is -1.06. The SMILES string of the molecule is CC(C)(C)OC(=O)N1C[C@@H]2CC(C)(C)C(=O)[C@@H]2C1. The number of ether oxygens (including phenoxy) is 1. The van der Waals surface area contributed by atoms with Gasteiger partial charge in [0.05, 0.1) is 0 Å². The molecule has 2 aliphatic rings. The maximum absolute atomic E-state index is 12.2. The molecule has 1 aliphatic heterocycles. The number of amides is 1. The maximum Gasteiger partial charge on any atom is 0.410 e. The molecule has 1 saturated heterocycles. The summed E-state index contributed by atoms with van der Waals surface area (Å²) < 4.78 is 5.35. The van der Waals surface area contributed by atoms with E-state index >= 15 is 0 Å². The lowest BCUT2D eigenvalue weighted by Crippen LogP contribution is -2.37. The summed E-state index contributed by atoms with van der Waals surface area (Å²) in [6.45, 7) is 10.8. The van der Waals surface area contributed by atoms with Crippen molar-refractivity contribution in [1.82, 2.24) is 4.90 Å². The van der Waals surface area contributed by atoms with Crippen LogP contribution in [0, 0.1) is 17.3 Å². The first-order valence-electron chi connectivity index (χ1n) is 6.62. The quantitative estimate of drug-likeness (QED) is 0.666. The first kappa shape index (κ1) is 13.4. The average Bonchev–Trinajstić information content (AvgIpc) is 2.64. The predicted molar refractivity (Wildman–Crippen MR) is 68.2 cm³/mol. The van der Waals surface area contributed by atoms with Gasteiger partial charge in [0.15, 0.2) is 0 Å². The van der Waals surface area contributed by atoms with Crippen LogP contribution in [0.5, 0.6) is 0 Å². The summed E-state index contributed by atoms with van der Waals surface area (Å²) in [6, 6.07) is 0.